The fraction of sp³-hybridized carbons (Fsp3) is 1.00. The molecule has 1 saturated heterocycles. The third-order valence-electron chi connectivity index (χ3n) is 3.06. The number of nitrogens with zero attached hydrogens (tertiary/aromatic N) is 1. The van der Waals surface area contributed by atoms with E-state index in [1.54, 1.807) is 0 Å². The molecule has 1 heteroatoms. The Bertz CT molecular complexity index is 129. The lowest BCUT2D eigenvalue weighted by Crippen LogP contribution is -2.51. The van der Waals surface area contributed by atoms with E-state index in [1.165, 1.54) is 25.8 Å². The van der Waals surface area contributed by atoms with Crippen LogP contribution in [0.5, 0.6) is 0 Å². The van der Waals surface area contributed by atoms with Crippen LogP contribution in [-0.2, 0) is 0 Å². The second kappa shape index (κ2) is 3.14. The molecule has 0 N–H and O–H groups in total. The van der Waals surface area contributed by atoms with Gasteiger partial charge in [-0.2, -0.15) is 0 Å². The highest BCUT2D eigenvalue weighted by Gasteiger charge is 2.32. The third-order valence-corrected chi connectivity index (χ3v) is 3.06. The molecule has 0 amide bonds. The maximum atomic E-state index is 2.62. The highest BCUT2D eigenvalue weighted by molar-refractivity contribution is 4.88. The Balaban J connectivity index is 2.64. The smallest absolute Gasteiger partial charge is 0.0155 e. The molecule has 1 aliphatic heterocycles. The second-order valence-corrected chi connectivity index (χ2v) is 4.34. The van der Waals surface area contributed by atoms with Gasteiger partial charge in [0.2, 0.25) is 0 Å². The fourth-order valence-corrected chi connectivity index (χ4v) is 2.47. The maximum Gasteiger partial charge on any atom is 0.0155 e. The molecule has 1 atom stereocenters. The zero-order chi connectivity index (χ0) is 8.48. The van der Waals surface area contributed by atoms with Crippen molar-refractivity contribution in [3.63, 3.8) is 0 Å². The van der Waals surface area contributed by atoms with Crippen LogP contribution in [-0.4, -0.2) is 23.0 Å². The molecule has 1 aliphatic rings. The maximum absolute atomic E-state index is 2.62. The molecule has 66 valence electrons. The van der Waals surface area contributed by atoms with E-state index in [0.29, 0.717) is 5.54 Å². The number of hydrogen-bond acceptors (Lipinski definition) is 1. The lowest BCUT2D eigenvalue weighted by molar-refractivity contribution is 0.0373. The monoisotopic (exact) mass is 155 g/mol. The Morgan fingerprint density at radius 1 is 1.45 bits per heavy atom. The van der Waals surface area contributed by atoms with Crippen molar-refractivity contribution in [3.8, 4) is 0 Å². The largest absolute Gasteiger partial charge is 0.296 e. The first-order valence-electron chi connectivity index (χ1n) is 4.84. The van der Waals surface area contributed by atoms with E-state index in [-0.39, 0.29) is 0 Å². The SMILES string of the molecule is CCN1C(C)CCCC1(C)C. The molecule has 0 spiro atoms. The van der Waals surface area contributed by atoms with Crippen LogP contribution in [0, 0.1) is 0 Å². The van der Waals surface area contributed by atoms with Crippen molar-refractivity contribution in [2.45, 2.75) is 58.5 Å². The topological polar surface area (TPSA) is 3.24 Å². The summed E-state index contributed by atoms with van der Waals surface area (Å²) in [6.07, 6.45) is 4.16. The molecule has 1 unspecified atom stereocenters. The Kier molecular flexibility index (Phi) is 2.58. The van der Waals surface area contributed by atoms with Crippen molar-refractivity contribution in [1.82, 2.24) is 4.90 Å². The summed E-state index contributed by atoms with van der Waals surface area (Å²) < 4.78 is 0. The molecule has 1 heterocycles. The minimum absolute atomic E-state index is 0.451. The van der Waals surface area contributed by atoms with Crippen molar-refractivity contribution in [1.29, 1.82) is 0 Å². The highest BCUT2D eigenvalue weighted by atomic mass is 15.2. The third kappa shape index (κ3) is 1.76. The first-order valence-corrected chi connectivity index (χ1v) is 4.84. The summed E-state index contributed by atoms with van der Waals surface area (Å²) >= 11 is 0. The molecule has 0 aromatic carbocycles. The predicted molar refractivity (Wildman–Crippen MR) is 49.8 cm³/mol. The molecule has 0 aromatic rings. The molecule has 1 nitrogen and oxygen atoms in total. The van der Waals surface area contributed by atoms with Crippen LogP contribution < -0.4 is 0 Å². The average Bonchev–Trinajstić information content (AvgIpc) is 1.86. The number of likely N-dealkylation sites (tertiary alicyclic amines) is 1. The summed E-state index contributed by atoms with van der Waals surface area (Å²) in [5.41, 5.74) is 0.451. The van der Waals surface area contributed by atoms with Crippen molar-refractivity contribution >= 4 is 0 Å². The predicted octanol–water partition coefficient (Wildman–Crippen LogP) is 2.66. The Morgan fingerprint density at radius 3 is 2.45 bits per heavy atom. The van der Waals surface area contributed by atoms with Crippen molar-refractivity contribution < 1.29 is 0 Å². The van der Waals surface area contributed by atoms with Crippen LogP contribution in [0.1, 0.15) is 47.0 Å². The van der Waals surface area contributed by atoms with E-state index >= 15 is 0 Å². The molecule has 1 rings (SSSR count). The van der Waals surface area contributed by atoms with Crippen molar-refractivity contribution in [3.05, 3.63) is 0 Å². The van der Waals surface area contributed by atoms with Crippen LogP contribution in [0.2, 0.25) is 0 Å². The number of rotatable bonds is 1. The van der Waals surface area contributed by atoms with Crippen LogP contribution in [0.4, 0.5) is 0 Å². The first kappa shape index (κ1) is 9.05. The quantitative estimate of drug-likeness (QED) is 0.562. The van der Waals surface area contributed by atoms with Crippen LogP contribution in [0.15, 0.2) is 0 Å². The van der Waals surface area contributed by atoms with E-state index in [0.717, 1.165) is 6.04 Å². The van der Waals surface area contributed by atoms with Gasteiger partial charge in [0.25, 0.3) is 0 Å². The van der Waals surface area contributed by atoms with Gasteiger partial charge in [0.15, 0.2) is 0 Å². The van der Waals surface area contributed by atoms with Gasteiger partial charge in [0.05, 0.1) is 0 Å². The Hall–Kier alpha value is -0.0400. The van der Waals surface area contributed by atoms with Gasteiger partial charge in [-0.05, 0) is 40.2 Å². The van der Waals surface area contributed by atoms with Crippen molar-refractivity contribution in [2.24, 2.45) is 0 Å². The Labute approximate surface area is 70.8 Å². The van der Waals surface area contributed by atoms with E-state index in [1.807, 2.05) is 0 Å². The minimum atomic E-state index is 0.451. The molecule has 0 bridgehead atoms. The molecular formula is C10H21N. The number of piperidine rings is 1. The fourth-order valence-electron chi connectivity index (χ4n) is 2.47. The van der Waals surface area contributed by atoms with Gasteiger partial charge in [0, 0.05) is 11.6 Å². The van der Waals surface area contributed by atoms with Gasteiger partial charge in [-0.15, -0.1) is 0 Å². The summed E-state index contributed by atoms with van der Waals surface area (Å²) in [7, 11) is 0. The van der Waals surface area contributed by atoms with Crippen LogP contribution in [0.3, 0.4) is 0 Å². The van der Waals surface area contributed by atoms with E-state index < -0.39 is 0 Å². The molecule has 0 aromatic heterocycles. The van der Waals surface area contributed by atoms with Gasteiger partial charge < -0.3 is 0 Å². The highest BCUT2D eigenvalue weighted by Crippen LogP contribution is 2.30. The van der Waals surface area contributed by atoms with Crippen LogP contribution in [0.25, 0.3) is 0 Å². The average molecular weight is 155 g/mol. The molecular weight excluding hydrogens is 134 g/mol. The van der Waals surface area contributed by atoms with Gasteiger partial charge in [0.1, 0.15) is 0 Å². The van der Waals surface area contributed by atoms with Crippen molar-refractivity contribution in [2.75, 3.05) is 6.54 Å². The van der Waals surface area contributed by atoms with Gasteiger partial charge in [-0.1, -0.05) is 13.3 Å². The summed E-state index contributed by atoms with van der Waals surface area (Å²) in [5.74, 6) is 0. The number of hydrogen-bond donors (Lipinski definition) is 0. The van der Waals surface area contributed by atoms with Gasteiger partial charge >= 0.3 is 0 Å². The summed E-state index contributed by atoms with van der Waals surface area (Å²) in [5, 5.41) is 0. The molecule has 1 fully saturated rings. The lowest BCUT2D eigenvalue weighted by atomic mass is 9.87. The first-order chi connectivity index (χ1) is 5.08. The zero-order valence-electron chi connectivity index (χ0n) is 8.35. The molecule has 0 aliphatic carbocycles. The van der Waals surface area contributed by atoms with Gasteiger partial charge in [-0.25, -0.2) is 0 Å². The van der Waals surface area contributed by atoms with Gasteiger partial charge in [-0.3, -0.25) is 4.90 Å². The lowest BCUT2D eigenvalue weighted by Gasteiger charge is -2.46. The molecule has 0 saturated carbocycles. The molecule has 0 radical (unpaired) electrons. The standard InChI is InChI=1S/C10H21N/c1-5-11-9(2)7-6-8-10(11,3)4/h9H,5-8H2,1-4H3. The molecule has 11 heavy (non-hydrogen) atoms. The summed E-state index contributed by atoms with van der Waals surface area (Å²) in [6.45, 7) is 10.6. The minimum Gasteiger partial charge on any atom is -0.296 e. The second-order valence-electron chi connectivity index (χ2n) is 4.34. The van der Waals surface area contributed by atoms with E-state index in [9.17, 15) is 0 Å². The van der Waals surface area contributed by atoms with E-state index in [4.69, 9.17) is 0 Å². The normalized spacial score (nSPS) is 32.2. The zero-order valence-corrected chi connectivity index (χ0v) is 8.35. The Morgan fingerprint density at radius 2 is 2.09 bits per heavy atom. The summed E-state index contributed by atoms with van der Waals surface area (Å²) in [4.78, 5) is 2.62. The van der Waals surface area contributed by atoms with Crippen LogP contribution >= 0.6 is 0 Å². The summed E-state index contributed by atoms with van der Waals surface area (Å²) in [6, 6.07) is 0.795. The van der Waals surface area contributed by atoms with E-state index in [2.05, 4.69) is 32.6 Å².